The van der Waals surface area contributed by atoms with Crippen molar-refractivity contribution in [3.05, 3.63) is 77.0 Å². The zero-order chi connectivity index (χ0) is 17.8. The van der Waals surface area contributed by atoms with Crippen LogP contribution in [0.2, 0.25) is 0 Å². The third kappa shape index (κ3) is 4.15. The number of rotatable bonds is 5. The second kappa shape index (κ2) is 7.34. The minimum Gasteiger partial charge on any atom is -0.347 e. The van der Waals surface area contributed by atoms with Crippen LogP contribution in [0.1, 0.15) is 46.9 Å². The number of aromatic amines is 1. The number of aryl methyl sites for hydroxylation is 1. The first-order chi connectivity index (χ1) is 12.0. The van der Waals surface area contributed by atoms with Crippen molar-refractivity contribution in [1.82, 2.24) is 15.5 Å². The van der Waals surface area contributed by atoms with Gasteiger partial charge in [0, 0.05) is 12.1 Å². The number of carbonyl (C=O) groups excluding carboxylic acids is 1. The highest BCUT2D eigenvalue weighted by Crippen LogP contribution is 2.18. The predicted molar refractivity (Wildman–Crippen MR) is 100 cm³/mol. The molecule has 2 aromatic carbocycles. The maximum atomic E-state index is 12.3. The molecule has 3 rings (SSSR count). The van der Waals surface area contributed by atoms with Gasteiger partial charge >= 0.3 is 0 Å². The largest absolute Gasteiger partial charge is 0.347 e. The Morgan fingerprint density at radius 1 is 1.08 bits per heavy atom. The highest BCUT2D eigenvalue weighted by molar-refractivity contribution is 5.93. The molecule has 1 aromatic heterocycles. The van der Waals surface area contributed by atoms with Gasteiger partial charge in [-0.3, -0.25) is 9.89 Å². The Bertz CT molecular complexity index is 846. The summed E-state index contributed by atoms with van der Waals surface area (Å²) in [6, 6.07) is 18.2. The number of nitrogens with one attached hydrogen (secondary N) is 2. The third-order valence-corrected chi connectivity index (χ3v) is 4.27. The number of nitrogens with zero attached hydrogens (tertiary/aromatic N) is 1. The molecular weight excluding hydrogens is 310 g/mol. The number of H-pyrrole nitrogens is 1. The molecule has 2 N–H and O–H groups in total. The van der Waals surface area contributed by atoms with Crippen LogP contribution in [0.25, 0.3) is 11.3 Å². The predicted octanol–water partition coefficient (Wildman–Crippen LogP) is 4.44. The number of hydrogen-bond acceptors (Lipinski definition) is 2. The zero-order valence-corrected chi connectivity index (χ0v) is 14.8. The van der Waals surface area contributed by atoms with Crippen LogP contribution in [0.3, 0.4) is 0 Å². The molecule has 1 heterocycles. The maximum Gasteiger partial charge on any atom is 0.269 e. The standard InChI is InChI=1S/C21H23N3O/c1-14(2)17-10-6-16(7-11-17)13-22-21(25)20-12-19(23-24-20)18-8-4-15(3)5-9-18/h4-12,14H,13H2,1-3H3,(H,22,25)(H,23,24). The number of amides is 1. The van der Waals surface area contributed by atoms with E-state index in [2.05, 4.69) is 53.6 Å². The van der Waals surface area contributed by atoms with Gasteiger partial charge < -0.3 is 5.32 Å². The molecule has 0 spiro atoms. The maximum absolute atomic E-state index is 12.3. The Labute approximate surface area is 148 Å². The van der Waals surface area contributed by atoms with Gasteiger partial charge in [-0.05, 0) is 30.0 Å². The highest BCUT2D eigenvalue weighted by Gasteiger charge is 2.11. The number of benzene rings is 2. The van der Waals surface area contributed by atoms with E-state index in [1.54, 1.807) is 6.07 Å². The Morgan fingerprint density at radius 2 is 1.76 bits per heavy atom. The number of aromatic nitrogens is 2. The molecule has 0 bridgehead atoms. The quantitative estimate of drug-likeness (QED) is 0.725. The van der Waals surface area contributed by atoms with E-state index in [0.717, 1.165) is 16.8 Å². The van der Waals surface area contributed by atoms with Crippen LogP contribution < -0.4 is 5.32 Å². The van der Waals surface area contributed by atoms with Crippen molar-refractivity contribution in [2.24, 2.45) is 0 Å². The molecule has 0 aliphatic heterocycles. The van der Waals surface area contributed by atoms with Gasteiger partial charge in [-0.15, -0.1) is 0 Å². The van der Waals surface area contributed by atoms with E-state index in [-0.39, 0.29) is 5.91 Å². The summed E-state index contributed by atoms with van der Waals surface area (Å²) >= 11 is 0. The summed E-state index contributed by atoms with van der Waals surface area (Å²) in [4.78, 5) is 12.3. The SMILES string of the molecule is Cc1ccc(-c2cc(C(=O)NCc3ccc(C(C)C)cc3)[nH]n2)cc1. The van der Waals surface area contributed by atoms with E-state index in [1.807, 2.05) is 31.2 Å². The Morgan fingerprint density at radius 3 is 2.40 bits per heavy atom. The van der Waals surface area contributed by atoms with E-state index in [9.17, 15) is 4.79 Å². The van der Waals surface area contributed by atoms with Gasteiger partial charge in [-0.2, -0.15) is 5.10 Å². The fourth-order valence-electron chi connectivity index (χ4n) is 2.61. The van der Waals surface area contributed by atoms with Crippen molar-refractivity contribution in [2.75, 3.05) is 0 Å². The number of carbonyl (C=O) groups is 1. The van der Waals surface area contributed by atoms with Gasteiger partial charge in [0.2, 0.25) is 0 Å². The van der Waals surface area contributed by atoms with Crippen LogP contribution in [-0.4, -0.2) is 16.1 Å². The zero-order valence-electron chi connectivity index (χ0n) is 14.8. The van der Waals surface area contributed by atoms with Crippen molar-refractivity contribution in [3.8, 4) is 11.3 Å². The van der Waals surface area contributed by atoms with E-state index in [1.165, 1.54) is 11.1 Å². The first-order valence-electron chi connectivity index (χ1n) is 8.52. The van der Waals surface area contributed by atoms with Gasteiger partial charge in [0.15, 0.2) is 0 Å². The second-order valence-corrected chi connectivity index (χ2v) is 6.61. The summed E-state index contributed by atoms with van der Waals surface area (Å²) in [6.07, 6.45) is 0. The van der Waals surface area contributed by atoms with Crippen LogP contribution in [0.4, 0.5) is 0 Å². The summed E-state index contributed by atoms with van der Waals surface area (Å²) < 4.78 is 0. The molecule has 0 aliphatic rings. The lowest BCUT2D eigenvalue weighted by molar-refractivity contribution is 0.0946. The van der Waals surface area contributed by atoms with Crippen molar-refractivity contribution in [2.45, 2.75) is 33.2 Å². The lowest BCUT2D eigenvalue weighted by Crippen LogP contribution is -2.23. The molecule has 0 aliphatic carbocycles. The van der Waals surface area contributed by atoms with Crippen molar-refractivity contribution < 1.29 is 4.79 Å². The molecule has 0 atom stereocenters. The Kier molecular flexibility index (Phi) is 4.98. The lowest BCUT2D eigenvalue weighted by Gasteiger charge is -2.07. The molecule has 128 valence electrons. The highest BCUT2D eigenvalue weighted by atomic mass is 16.1. The van der Waals surface area contributed by atoms with E-state index < -0.39 is 0 Å². The molecule has 0 unspecified atom stereocenters. The van der Waals surface area contributed by atoms with Crippen LogP contribution in [0, 0.1) is 6.92 Å². The molecule has 4 heteroatoms. The van der Waals surface area contributed by atoms with Crippen LogP contribution in [-0.2, 0) is 6.54 Å². The Balaban J connectivity index is 1.63. The van der Waals surface area contributed by atoms with Crippen LogP contribution in [0.5, 0.6) is 0 Å². The summed E-state index contributed by atoms with van der Waals surface area (Å²) in [7, 11) is 0. The van der Waals surface area contributed by atoms with Gasteiger partial charge in [-0.1, -0.05) is 67.9 Å². The van der Waals surface area contributed by atoms with Crippen molar-refractivity contribution in [1.29, 1.82) is 0 Å². The average Bonchev–Trinajstić information content (AvgIpc) is 3.11. The summed E-state index contributed by atoms with van der Waals surface area (Å²) in [6.45, 7) is 6.87. The lowest BCUT2D eigenvalue weighted by atomic mass is 10.0. The minimum absolute atomic E-state index is 0.154. The molecule has 0 saturated carbocycles. The molecule has 25 heavy (non-hydrogen) atoms. The summed E-state index contributed by atoms with van der Waals surface area (Å²) in [5.74, 6) is 0.354. The van der Waals surface area contributed by atoms with E-state index >= 15 is 0 Å². The van der Waals surface area contributed by atoms with Crippen LogP contribution >= 0.6 is 0 Å². The monoisotopic (exact) mass is 333 g/mol. The fourth-order valence-corrected chi connectivity index (χ4v) is 2.61. The molecule has 0 radical (unpaired) electrons. The first-order valence-corrected chi connectivity index (χ1v) is 8.52. The minimum atomic E-state index is -0.154. The van der Waals surface area contributed by atoms with Crippen LogP contribution in [0.15, 0.2) is 54.6 Å². The second-order valence-electron chi connectivity index (χ2n) is 6.61. The first kappa shape index (κ1) is 17.0. The van der Waals surface area contributed by atoms with Gasteiger partial charge in [0.1, 0.15) is 5.69 Å². The van der Waals surface area contributed by atoms with Crippen molar-refractivity contribution >= 4 is 5.91 Å². The van der Waals surface area contributed by atoms with Gasteiger partial charge in [0.25, 0.3) is 5.91 Å². The van der Waals surface area contributed by atoms with Gasteiger partial charge in [0.05, 0.1) is 5.69 Å². The van der Waals surface area contributed by atoms with E-state index in [4.69, 9.17) is 0 Å². The molecule has 1 amide bonds. The average molecular weight is 333 g/mol. The topological polar surface area (TPSA) is 57.8 Å². The molecule has 0 saturated heterocycles. The normalized spacial score (nSPS) is 10.9. The summed E-state index contributed by atoms with van der Waals surface area (Å²) in [5, 5.41) is 9.98. The molecule has 0 fully saturated rings. The summed E-state index contributed by atoms with van der Waals surface area (Å²) in [5.41, 5.74) is 5.80. The molecule has 3 aromatic rings. The molecule has 4 nitrogen and oxygen atoms in total. The smallest absolute Gasteiger partial charge is 0.269 e. The fraction of sp³-hybridized carbons (Fsp3) is 0.238. The number of hydrogen-bond donors (Lipinski definition) is 2. The Hall–Kier alpha value is -2.88. The van der Waals surface area contributed by atoms with Crippen molar-refractivity contribution in [3.63, 3.8) is 0 Å². The van der Waals surface area contributed by atoms with Gasteiger partial charge in [-0.25, -0.2) is 0 Å². The van der Waals surface area contributed by atoms with E-state index in [0.29, 0.717) is 18.2 Å². The third-order valence-electron chi connectivity index (χ3n) is 4.27. The molecular formula is C21H23N3O.